The molecule has 1 unspecified atom stereocenters. The number of esters is 1. The van der Waals surface area contributed by atoms with Crippen LogP contribution in [0, 0.1) is 0 Å². The first-order valence-corrected chi connectivity index (χ1v) is 12.2. The van der Waals surface area contributed by atoms with E-state index in [1.54, 1.807) is 38.1 Å². The largest absolute Gasteiger partial charge is 0.463 e. The van der Waals surface area contributed by atoms with Crippen LogP contribution >= 0.6 is 22.7 Å². The van der Waals surface area contributed by atoms with Gasteiger partial charge in [0.25, 0.3) is 11.5 Å². The Hall–Kier alpha value is -3.63. The van der Waals surface area contributed by atoms with Crippen LogP contribution in [0.2, 0.25) is 0 Å². The van der Waals surface area contributed by atoms with Crippen molar-refractivity contribution in [3.8, 4) is 0 Å². The molecule has 10 heteroatoms. The molecule has 0 fully saturated rings. The minimum atomic E-state index is -0.722. The quantitative estimate of drug-likeness (QED) is 0.521. The molecule has 1 aromatic carbocycles. The van der Waals surface area contributed by atoms with Gasteiger partial charge in [-0.05, 0) is 31.4 Å². The Labute approximate surface area is 201 Å². The van der Waals surface area contributed by atoms with Crippen LogP contribution in [0.25, 0.3) is 5.57 Å². The number of fused-ring (bicyclic) bond motifs is 2. The number of anilines is 1. The van der Waals surface area contributed by atoms with Crippen molar-refractivity contribution in [2.75, 3.05) is 11.5 Å². The highest BCUT2D eigenvalue weighted by Crippen LogP contribution is 2.36. The molecule has 5 rings (SSSR count). The van der Waals surface area contributed by atoms with Crippen LogP contribution in [0.1, 0.15) is 37.3 Å². The van der Waals surface area contributed by atoms with Crippen molar-refractivity contribution in [3.05, 3.63) is 83.2 Å². The zero-order valence-corrected chi connectivity index (χ0v) is 20.2. The number of amides is 2. The number of rotatable bonds is 3. The van der Waals surface area contributed by atoms with Gasteiger partial charge in [0.15, 0.2) is 4.80 Å². The number of ether oxygens (including phenoxy) is 1. The molecule has 0 saturated carbocycles. The zero-order chi connectivity index (χ0) is 24.1. The fraction of sp³-hybridized carbons (Fsp3) is 0.208. The number of hydrogen-bond acceptors (Lipinski definition) is 8. The Morgan fingerprint density at radius 1 is 1.15 bits per heavy atom. The molecule has 0 bridgehead atoms. The van der Waals surface area contributed by atoms with Gasteiger partial charge in [-0.2, -0.15) is 0 Å². The molecular weight excluding hydrogens is 474 g/mol. The van der Waals surface area contributed by atoms with Crippen molar-refractivity contribution in [1.82, 2.24) is 4.57 Å². The van der Waals surface area contributed by atoms with Gasteiger partial charge in [-0.1, -0.05) is 35.6 Å². The van der Waals surface area contributed by atoms with E-state index in [-0.39, 0.29) is 22.3 Å². The zero-order valence-electron chi connectivity index (χ0n) is 18.5. The average Bonchev–Trinajstić information content (AvgIpc) is 3.49. The highest BCUT2D eigenvalue weighted by Gasteiger charge is 2.38. The summed E-state index contributed by atoms with van der Waals surface area (Å²) in [6, 6.07) is 9.86. The summed E-state index contributed by atoms with van der Waals surface area (Å²) < 4.78 is 6.91. The summed E-state index contributed by atoms with van der Waals surface area (Å²) in [6.07, 6.45) is 0. The van der Waals surface area contributed by atoms with Gasteiger partial charge in [0.05, 0.1) is 29.1 Å². The molecule has 0 N–H and O–H groups in total. The molecule has 2 aliphatic heterocycles. The number of aromatic nitrogens is 1. The highest BCUT2D eigenvalue weighted by atomic mass is 32.1. The molecule has 2 aromatic heterocycles. The van der Waals surface area contributed by atoms with Crippen molar-refractivity contribution in [2.45, 2.75) is 26.8 Å². The minimum Gasteiger partial charge on any atom is -0.463 e. The summed E-state index contributed by atoms with van der Waals surface area (Å²) in [5.74, 6) is -1.52. The van der Waals surface area contributed by atoms with E-state index in [2.05, 4.69) is 4.99 Å². The maximum absolute atomic E-state index is 13.8. The normalized spacial score (nSPS) is 18.5. The Bertz CT molecular complexity index is 1580. The molecule has 0 saturated heterocycles. The van der Waals surface area contributed by atoms with Gasteiger partial charge in [-0.25, -0.2) is 14.7 Å². The number of hydrogen-bond donors (Lipinski definition) is 0. The molecule has 34 heavy (non-hydrogen) atoms. The van der Waals surface area contributed by atoms with Crippen molar-refractivity contribution >= 4 is 51.7 Å². The van der Waals surface area contributed by atoms with E-state index >= 15 is 0 Å². The van der Waals surface area contributed by atoms with Crippen molar-refractivity contribution in [2.24, 2.45) is 4.99 Å². The lowest BCUT2D eigenvalue weighted by molar-refractivity contribution is -0.139. The van der Waals surface area contributed by atoms with E-state index in [1.807, 2.05) is 17.5 Å². The molecule has 0 aliphatic carbocycles. The second-order valence-electron chi connectivity index (χ2n) is 7.69. The Kier molecular flexibility index (Phi) is 5.41. The lowest BCUT2D eigenvalue weighted by Crippen LogP contribution is -2.41. The van der Waals surface area contributed by atoms with Gasteiger partial charge in [0.2, 0.25) is 5.91 Å². The van der Waals surface area contributed by atoms with E-state index in [1.165, 1.54) is 22.8 Å². The molecule has 0 spiro atoms. The highest BCUT2D eigenvalue weighted by molar-refractivity contribution is 7.10. The third-order valence-corrected chi connectivity index (χ3v) is 7.66. The second kappa shape index (κ2) is 8.30. The van der Waals surface area contributed by atoms with Crippen LogP contribution in [0.3, 0.4) is 0 Å². The molecule has 0 radical (unpaired) electrons. The van der Waals surface area contributed by atoms with Crippen molar-refractivity contribution in [1.29, 1.82) is 0 Å². The molecule has 2 aliphatic rings. The Balaban J connectivity index is 1.83. The van der Waals surface area contributed by atoms with E-state index in [4.69, 9.17) is 4.74 Å². The van der Waals surface area contributed by atoms with Gasteiger partial charge in [0.1, 0.15) is 10.6 Å². The summed E-state index contributed by atoms with van der Waals surface area (Å²) >= 11 is 2.49. The van der Waals surface area contributed by atoms with Crippen LogP contribution in [-0.2, 0) is 19.1 Å². The summed E-state index contributed by atoms with van der Waals surface area (Å²) in [6.45, 7) is 4.92. The van der Waals surface area contributed by atoms with Gasteiger partial charge in [-0.15, -0.1) is 11.3 Å². The van der Waals surface area contributed by atoms with Crippen LogP contribution in [0.5, 0.6) is 0 Å². The van der Waals surface area contributed by atoms with E-state index in [0.29, 0.717) is 21.7 Å². The average molecular weight is 494 g/mol. The summed E-state index contributed by atoms with van der Waals surface area (Å²) in [7, 11) is 0. The first-order valence-electron chi connectivity index (χ1n) is 10.5. The number of carbonyl (C=O) groups excluding carboxylic acids is 3. The Morgan fingerprint density at radius 2 is 1.91 bits per heavy atom. The van der Waals surface area contributed by atoms with Crippen LogP contribution in [0.4, 0.5) is 5.69 Å². The first-order chi connectivity index (χ1) is 16.3. The number of imide groups is 1. The second-order valence-corrected chi connectivity index (χ2v) is 9.65. The number of thiazole rings is 1. The predicted molar refractivity (Wildman–Crippen MR) is 128 cm³/mol. The predicted octanol–water partition coefficient (Wildman–Crippen LogP) is 2.12. The lowest BCUT2D eigenvalue weighted by Gasteiger charge is -2.23. The molecule has 172 valence electrons. The number of nitrogens with zero attached hydrogens (tertiary/aromatic N) is 3. The summed E-state index contributed by atoms with van der Waals surface area (Å²) in [5, 5.41) is 1.87. The molecule has 4 heterocycles. The molecular formula is C24H19N3O5S2. The third-order valence-electron chi connectivity index (χ3n) is 5.68. The van der Waals surface area contributed by atoms with E-state index < -0.39 is 29.4 Å². The van der Waals surface area contributed by atoms with Crippen molar-refractivity contribution < 1.29 is 19.1 Å². The van der Waals surface area contributed by atoms with Crippen LogP contribution < -0.4 is 19.8 Å². The number of allylic oxidation sites excluding steroid dienone is 1. The lowest BCUT2D eigenvalue weighted by atomic mass is 10.0. The molecule has 2 amide bonds. The standard InChI is InChI=1S/C24H19N3O5S2/c1-4-32-23(31)17-12(2)25-24-27(19(17)16-10-7-11-33-16)22(30)20(34-24)18-14-8-5-6-9-15(14)26(13(3)28)21(18)29/h5-11,19H,4H2,1-3H3/b20-18-. The fourth-order valence-electron chi connectivity index (χ4n) is 4.31. The molecule has 3 aromatic rings. The van der Waals surface area contributed by atoms with Gasteiger partial charge in [0, 0.05) is 17.4 Å². The van der Waals surface area contributed by atoms with E-state index in [0.717, 1.165) is 21.1 Å². The maximum atomic E-state index is 13.8. The number of para-hydroxylation sites is 1. The summed E-state index contributed by atoms with van der Waals surface area (Å²) in [5.41, 5.74) is 1.43. The van der Waals surface area contributed by atoms with Gasteiger partial charge < -0.3 is 4.74 Å². The number of benzene rings is 1. The van der Waals surface area contributed by atoms with Crippen LogP contribution in [-0.4, -0.2) is 29.0 Å². The topological polar surface area (TPSA) is 98.0 Å². The van der Waals surface area contributed by atoms with Gasteiger partial charge >= 0.3 is 5.97 Å². The van der Waals surface area contributed by atoms with Crippen molar-refractivity contribution in [3.63, 3.8) is 0 Å². The maximum Gasteiger partial charge on any atom is 0.338 e. The SMILES string of the molecule is CCOC(=O)C1=C(C)N=c2s/c(=C3\C(=O)N(C(C)=O)c4ccccc43)c(=O)n2C1c1cccs1. The van der Waals surface area contributed by atoms with Gasteiger partial charge in [-0.3, -0.25) is 19.0 Å². The first kappa shape index (κ1) is 22.2. The van der Waals surface area contributed by atoms with E-state index in [9.17, 15) is 19.2 Å². The summed E-state index contributed by atoms with van der Waals surface area (Å²) in [4.78, 5) is 59.0. The Morgan fingerprint density at radius 3 is 2.59 bits per heavy atom. The smallest absolute Gasteiger partial charge is 0.338 e. The molecule has 8 nitrogen and oxygen atoms in total. The number of carbonyl (C=O) groups is 3. The van der Waals surface area contributed by atoms with Crippen LogP contribution in [0.15, 0.2) is 62.8 Å². The third kappa shape index (κ3) is 3.21. The minimum absolute atomic E-state index is 0.165. The molecule has 1 atom stereocenters. The fourth-order valence-corrected chi connectivity index (χ4v) is 6.27. The monoisotopic (exact) mass is 493 g/mol. The number of thiophene rings is 1.